The standard InChI is InChI=1S/C23H40O4/c1-2-3-4-5-6-7-8-9-10-11-22-12-14-23(15-13-22)27-21-20-26-19-18-25-17-16-24/h12-15,24H,2-11,16-21H2,1H3. The minimum absolute atomic E-state index is 0.0538. The Morgan fingerprint density at radius 2 is 1.22 bits per heavy atom. The molecule has 1 aromatic rings. The molecule has 0 fully saturated rings. The maximum absolute atomic E-state index is 8.58. The molecule has 1 aromatic carbocycles. The van der Waals surface area contributed by atoms with Gasteiger partial charge in [0.15, 0.2) is 0 Å². The highest BCUT2D eigenvalue weighted by atomic mass is 16.5. The highest BCUT2D eigenvalue weighted by Crippen LogP contribution is 2.15. The van der Waals surface area contributed by atoms with Gasteiger partial charge in [-0.15, -0.1) is 0 Å². The van der Waals surface area contributed by atoms with Crippen molar-refractivity contribution in [2.45, 2.75) is 71.1 Å². The number of hydrogen-bond donors (Lipinski definition) is 1. The molecule has 0 aliphatic carbocycles. The normalized spacial score (nSPS) is 11.0. The second-order valence-electron chi connectivity index (χ2n) is 7.02. The van der Waals surface area contributed by atoms with Crippen LogP contribution in [-0.4, -0.2) is 44.7 Å². The van der Waals surface area contributed by atoms with Crippen LogP contribution in [0.5, 0.6) is 5.75 Å². The number of aryl methyl sites for hydroxylation is 1. The van der Waals surface area contributed by atoms with Crippen LogP contribution in [0, 0.1) is 0 Å². The van der Waals surface area contributed by atoms with E-state index in [1.807, 2.05) is 12.1 Å². The molecule has 0 aromatic heterocycles. The topological polar surface area (TPSA) is 47.9 Å². The van der Waals surface area contributed by atoms with E-state index < -0.39 is 0 Å². The summed E-state index contributed by atoms with van der Waals surface area (Å²) in [6.07, 6.45) is 13.5. The number of unbranched alkanes of at least 4 members (excludes halogenated alkanes) is 8. The summed E-state index contributed by atoms with van der Waals surface area (Å²) in [5, 5.41) is 8.58. The Balaban J connectivity index is 1.96. The molecule has 1 N–H and O–H groups in total. The SMILES string of the molecule is CCCCCCCCCCCc1ccc(OCCOCCOCCO)cc1. The average molecular weight is 381 g/mol. The molecule has 0 bridgehead atoms. The van der Waals surface area contributed by atoms with Crippen LogP contribution in [0.15, 0.2) is 24.3 Å². The molecule has 4 heteroatoms. The third-order valence-corrected chi connectivity index (χ3v) is 4.60. The van der Waals surface area contributed by atoms with E-state index in [1.165, 1.54) is 63.4 Å². The second kappa shape index (κ2) is 18.3. The molecule has 0 unspecified atom stereocenters. The third kappa shape index (κ3) is 14.6. The van der Waals surface area contributed by atoms with E-state index in [1.54, 1.807) is 0 Å². The van der Waals surface area contributed by atoms with E-state index in [0.717, 1.165) is 12.2 Å². The number of rotatable bonds is 19. The van der Waals surface area contributed by atoms with Crippen LogP contribution in [0.25, 0.3) is 0 Å². The maximum atomic E-state index is 8.58. The molecule has 156 valence electrons. The molecule has 0 aliphatic heterocycles. The molecule has 1 rings (SSSR count). The van der Waals surface area contributed by atoms with Crippen LogP contribution >= 0.6 is 0 Å². The van der Waals surface area contributed by atoms with Crippen LogP contribution < -0.4 is 4.74 Å². The number of hydrogen-bond acceptors (Lipinski definition) is 4. The van der Waals surface area contributed by atoms with Gasteiger partial charge >= 0.3 is 0 Å². The van der Waals surface area contributed by atoms with Crippen molar-refractivity contribution >= 4 is 0 Å². The summed E-state index contributed by atoms with van der Waals surface area (Å²) in [6.45, 7) is 4.81. The van der Waals surface area contributed by atoms with Gasteiger partial charge < -0.3 is 19.3 Å². The summed E-state index contributed by atoms with van der Waals surface area (Å²) >= 11 is 0. The van der Waals surface area contributed by atoms with Crippen molar-refractivity contribution in [3.05, 3.63) is 29.8 Å². The van der Waals surface area contributed by atoms with Crippen LogP contribution in [-0.2, 0) is 15.9 Å². The Morgan fingerprint density at radius 1 is 0.667 bits per heavy atom. The summed E-state index contributed by atoms with van der Waals surface area (Å²) in [5.74, 6) is 0.894. The van der Waals surface area contributed by atoms with Crippen LogP contribution in [0.1, 0.15) is 70.3 Å². The Labute approximate surface area is 166 Å². The molecule has 0 amide bonds. The molecule has 0 aliphatic rings. The summed E-state index contributed by atoms with van der Waals surface area (Å²) in [7, 11) is 0. The molecular weight excluding hydrogens is 340 g/mol. The van der Waals surface area contributed by atoms with Crippen molar-refractivity contribution in [3.63, 3.8) is 0 Å². The lowest BCUT2D eigenvalue weighted by Crippen LogP contribution is -2.11. The van der Waals surface area contributed by atoms with Crippen molar-refractivity contribution in [1.29, 1.82) is 0 Å². The van der Waals surface area contributed by atoms with Crippen LogP contribution in [0.3, 0.4) is 0 Å². The number of ether oxygens (including phenoxy) is 3. The van der Waals surface area contributed by atoms with Gasteiger partial charge in [0.25, 0.3) is 0 Å². The van der Waals surface area contributed by atoms with Crippen molar-refractivity contribution in [3.8, 4) is 5.75 Å². The molecule has 0 atom stereocenters. The quantitative estimate of drug-likeness (QED) is 0.337. The minimum Gasteiger partial charge on any atom is -0.491 e. The first-order valence-electron chi connectivity index (χ1n) is 10.8. The van der Waals surface area contributed by atoms with Gasteiger partial charge in [0, 0.05) is 0 Å². The zero-order valence-corrected chi connectivity index (χ0v) is 17.3. The smallest absolute Gasteiger partial charge is 0.119 e. The minimum atomic E-state index is 0.0538. The first kappa shape index (κ1) is 23.9. The van der Waals surface area contributed by atoms with E-state index >= 15 is 0 Å². The van der Waals surface area contributed by atoms with E-state index in [0.29, 0.717) is 33.0 Å². The van der Waals surface area contributed by atoms with Gasteiger partial charge in [-0.2, -0.15) is 0 Å². The number of benzene rings is 1. The highest BCUT2D eigenvalue weighted by molar-refractivity contribution is 5.27. The third-order valence-electron chi connectivity index (χ3n) is 4.60. The zero-order valence-electron chi connectivity index (χ0n) is 17.3. The Kier molecular flexibility index (Phi) is 16.2. The highest BCUT2D eigenvalue weighted by Gasteiger charge is 1.98. The van der Waals surface area contributed by atoms with Gasteiger partial charge in [0.1, 0.15) is 12.4 Å². The fourth-order valence-electron chi connectivity index (χ4n) is 3.00. The van der Waals surface area contributed by atoms with Gasteiger partial charge in [-0.05, 0) is 30.5 Å². The summed E-state index contributed by atoms with van der Waals surface area (Å²) < 4.78 is 16.2. The second-order valence-corrected chi connectivity index (χ2v) is 7.02. The average Bonchev–Trinajstić information content (AvgIpc) is 2.70. The van der Waals surface area contributed by atoms with E-state index in [4.69, 9.17) is 19.3 Å². The Morgan fingerprint density at radius 3 is 1.85 bits per heavy atom. The molecule has 27 heavy (non-hydrogen) atoms. The first-order chi connectivity index (χ1) is 13.4. The summed E-state index contributed by atoms with van der Waals surface area (Å²) in [5.41, 5.74) is 1.39. The van der Waals surface area contributed by atoms with E-state index in [9.17, 15) is 0 Å². The van der Waals surface area contributed by atoms with Gasteiger partial charge in [-0.1, -0.05) is 70.4 Å². The van der Waals surface area contributed by atoms with Crippen molar-refractivity contribution in [2.24, 2.45) is 0 Å². The van der Waals surface area contributed by atoms with Crippen LogP contribution in [0.4, 0.5) is 0 Å². The molecular formula is C23H40O4. The Bertz CT molecular complexity index is 419. The van der Waals surface area contributed by atoms with Gasteiger partial charge in [-0.3, -0.25) is 0 Å². The molecule has 0 spiro atoms. The van der Waals surface area contributed by atoms with Gasteiger partial charge in [0.05, 0.1) is 33.0 Å². The largest absolute Gasteiger partial charge is 0.491 e. The lowest BCUT2D eigenvalue weighted by Gasteiger charge is -2.08. The molecule has 0 radical (unpaired) electrons. The fourth-order valence-corrected chi connectivity index (χ4v) is 3.00. The maximum Gasteiger partial charge on any atom is 0.119 e. The van der Waals surface area contributed by atoms with E-state index in [2.05, 4.69) is 19.1 Å². The zero-order chi connectivity index (χ0) is 19.4. The molecule has 4 nitrogen and oxygen atoms in total. The van der Waals surface area contributed by atoms with Gasteiger partial charge in [0.2, 0.25) is 0 Å². The summed E-state index contributed by atoms with van der Waals surface area (Å²) in [6, 6.07) is 8.44. The van der Waals surface area contributed by atoms with Crippen molar-refractivity contribution < 1.29 is 19.3 Å². The number of aliphatic hydroxyl groups is 1. The van der Waals surface area contributed by atoms with E-state index in [-0.39, 0.29) is 6.61 Å². The van der Waals surface area contributed by atoms with Gasteiger partial charge in [-0.25, -0.2) is 0 Å². The lowest BCUT2D eigenvalue weighted by molar-refractivity contribution is 0.0247. The van der Waals surface area contributed by atoms with Crippen molar-refractivity contribution in [2.75, 3.05) is 39.6 Å². The summed E-state index contributed by atoms with van der Waals surface area (Å²) in [4.78, 5) is 0. The predicted molar refractivity (Wildman–Crippen MR) is 112 cm³/mol. The molecule has 0 saturated carbocycles. The monoisotopic (exact) mass is 380 g/mol. The fraction of sp³-hybridized carbons (Fsp3) is 0.739. The van der Waals surface area contributed by atoms with Crippen molar-refractivity contribution in [1.82, 2.24) is 0 Å². The Hall–Kier alpha value is -1.10. The molecule has 0 saturated heterocycles. The molecule has 0 heterocycles. The predicted octanol–water partition coefficient (Wildman–Crippen LogP) is 5.16. The number of aliphatic hydroxyl groups excluding tert-OH is 1. The first-order valence-corrected chi connectivity index (χ1v) is 10.8. The lowest BCUT2D eigenvalue weighted by atomic mass is 10.0. The van der Waals surface area contributed by atoms with Crippen LogP contribution in [0.2, 0.25) is 0 Å².